The molecule has 4 unspecified atom stereocenters. The van der Waals surface area contributed by atoms with Gasteiger partial charge in [-0.05, 0) is 56.2 Å². The number of carbonyl (C=O) groups excluding carboxylic acids is 4. The Labute approximate surface area is 208 Å². The lowest BCUT2D eigenvalue weighted by molar-refractivity contribution is -0.152. The van der Waals surface area contributed by atoms with Gasteiger partial charge in [-0.2, -0.15) is 0 Å². The number of carboxylic acid groups (broad SMARTS) is 1. The highest BCUT2D eigenvalue weighted by molar-refractivity contribution is 5.95. The zero-order chi connectivity index (χ0) is 26.4. The van der Waals surface area contributed by atoms with Gasteiger partial charge in [-0.1, -0.05) is 12.1 Å². The maximum atomic E-state index is 13.5. The van der Waals surface area contributed by atoms with E-state index in [4.69, 9.17) is 11.5 Å². The van der Waals surface area contributed by atoms with Gasteiger partial charge in [0.15, 0.2) is 0 Å². The molecule has 12 heteroatoms. The van der Waals surface area contributed by atoms with Crippen molar-refractivity contribution < 1.29 is 34.2 Å². The number of hydrogen-bond donors (Lipinski definition) is 5. The first kappa shape index (κ1) is 26.9. The molecule has 12 nitrogen and oxygen atoms in total. The average molecular weight is 504 g/mol. The molecule has 3 rings (SSSR count). The van der Waals surface area contributed by atoms with Gasteiger partial charge in [0, 0.05) is 19.5 Å². The van der Waals surface area contributed by atoms with Crippen LogP contribution in [0.2, 0.25) is 0 Å². The van der Waals surface area contributed by atoms with Crippen LogP contribution in [0.5, 0.6) is 5.75 Å². The van der Waals surface area contributed by atoms with Crippen LogP contribution in [-0.2, 0) is 30.4 Å². The van der Waals surface area contributed by atoms with Gasteiger partial charge in [0.05, 0.1) is 6.04 Å². The lowest BCUT2D eigenvalue weighted by Gasteiger charge is -2.32. The summed E-state index contributed by atoms with van der Waals surface area (Å²) in [4.78, 5) is 65.1. The number of benzene rings is 1. The van der Waals surface area contributed by atoms with E-state index in [0.29, 0.717) is 37.8 Å². The van der Waals surface area contributed by atoms with Gasteiger partial charge in [0.1, 0.15) is 23.9 Å². The van der Waals surface area contributed by atoms with E-state index in [2.05, 4.69) is 5.32 Å². The molecule has 0 saturated carbocycles. The van der Waals surface area contributed by atoms with Crippen LogP contribution in [0.15, 0.2) is 24.3 Å². The third-order valence-corrected chi connectivity index (χ3v) is 6.66. The van der Waals surface area contributed by atoms with Crippen molar-refractivity contribution in [1.29, 1.82) is 0 Å². The number of aliphatic carboxylic acids is 1. The predicted molar refractivity (Wildman–Crippen MR) is 127 cm³/mol. The van der Waals surface area contributed by atoms with Crippen molar-refractivity contribution in [3.05, 3.63) is 29.8 Å². The standard InChI is InChI=1S/C24H33N5O7/c25-16(13-14-5-7-15(30)8-6-14)21(32)27-17(9-10-20(26)31)22(33)28-11-1-3-18(28)23(34)29-12-2-4-19(29)24(35)36/h5-8,16-19,30H,1-4,9-13,25H2,(H2,26,31)(H,27,32)(H,35,36). The smallest absolute Gasteiger partial charge is 0.326 e. The van der Waals surface area contributed by atoms with Crippen LogP contribution in [0.25, 0.3) is 0 Å². The van der Waals surface area contributed by atoms with Crippen molar-refractivity contribution in [3.8, 4) is 5.75 Å². The Bertz CT molecular complexity index is 999. The summed E-state index contributed by atoms with van der Waals surface area (Å²) in [6.07, 6.45) is 1.78. The number of nitrogens with zero attached hydrogens (tertiary/aromatic N) is 2. The summed E-state index contributed by atoms with van der Waals surface area (Å²) in [6.45, 7) is 0.575. The molecule has 2 saturated heterocycles. The zero-order valence-corrected chi connectivity index (χ0v) is 20.0. The number of primary amides is 1. The molecule has 0 aromatic heterocycles. The highest BCUT2D eigenvalue weighted by Crippen LogP contribution is 2.26. The highest BCUT2D eigenvalue weighted by Gasteiger charge is 2.43. The maximum absolute atomic E-state index is 13.5. The summed E-state index contributed by atoms with van der Waals surface area (Å²) >= 11 is 0. The number of carboxylic acids is 1. The number of phenols is 1. The fraction of sp³-hybridized carbons (Fsp3) is 0.542. The normalized spacial score (nSPS) is 21.1. The Morgan fingerprint density at radius 3 is 2.22 bits per heavy atom. The van der Waals surface area contributed by atoms with E-state index in [9.17, 15) is 34.2 Å². The van der Waals surface area contributed by atoms with Gasteiger partial charge in [-0.15, -0.1) is 0 Å². The molecule has 0 radical (unpaired) electrons. The molecular formula is C24H33N5O7. The van der Waals surface area contributed by atoms with Crippen LogP contribution in [0, 0.1) is 0 Å². The van der Waals surface area contributed by atoms with E-state index in [1.807, 2.05) is 0 Å². The van der Waals surface area contributed by atoms with E-state index >= 15 is 0 Å². The first-order chi connectivity index (χ1) is 17.1. The summed E-state index contributed by atoms with van der Waals surface area (Å²) in [5.41, 5.74) is 12.0. The third-order valence-electron chi connectivity index (χ3n) is 6.66. The Balaban J connectivity index is 1.71. The number of likely N-dealkylation sites (tertiary alicyclic amines) is 2. The Morgan fingerprint density at radius 1 is 1.00 bits per heavy atom. The lowest BCUT2D eigenvalue weighted by atomic mass is 10.0. The summed E-state index contributed by atoms with van der Waals surface area (Å²) in [7, 11) is 0. The molecule has 2 heterocycles. The second kappa shape index (κ2) is 11.8. The van der Waals surface area contributed by atoms with Crippen LogP contribution in [0.3, 0.4) is 0 Å². The summed E-state index contributed by atoms with van der Waals surface area (Å²) < 4.78 is 0. The predicted octanol–water partition coefficient (Wildman–Crippen LogP) is -0.921. The van der Waals surface area contributed by atoms with Gasteiger partial charge in [0.25, 0.3) is 0 Å². The SMILES string of the molecule is NC(=O)CCC(NC(=O)C(N)Cc1ccc(O)cc1)C(=O)N1CCCC1C(=O)N1CCCC1C(=O)O. The summed E-state index contributed by atoms with van der Waals surface area (Å²) in [5.74, 6) is -3.22. The minimum Gasteiger partial charge on any atom is -0.508 e. The Kier molecular flexibility index (Phi) is 8.86. The van der Waals surface area contributed by atoms with Gasteiger partial charge in [-0.25, -0.2) is 4.79 Å². The molecular weight excluding hydrogens is 470 g/mol. The topological polar surface area (TPSA) is 196 Å². The monoisotopic (exact) mass is 503 g/mol. The van der Waals surface area contributed by atoms with E-state index in [1.54, 1.807) is 12.1 Å². The molecule has 4 atom stereocenters. The van der Waals surface area contributed by atoms with Crippen molar-refractivity contribution in [2.75, 3.05) is 13.1 Å². The lowest BCUT2D eigenvalue weighted by Crippen LogP contribution is -2.57. The van der Waals surface area contributed by atoms with Gasteiger partial charge in [0.2, 0.25) is 23.6 Å². The first-order valence-electron chi connectivity index (χ1n) is 12.0. The quantitative estimate of drug-likeness (QED) is 0.270. The number of nitrogens with one attached hydrogen (secondary N) is 1. The number of hydrogen-bond acceptors (Lipinski definition) is 7. The maximum Gasteiger partial charge on any atom is 0.326 e. The molecule has 1 aromatic rings. The molecule has 2 aliphatic rings. The second-order valence-corrected chi connectivity index (χ2v) is 9.26. The highest BCUT2D eigenvalue weighted by atomic mass is 16.4. The van der Waals surface area contributed by atoms with E-state index in [1.165, 1.54) is 21.9 Å². The molecule has 196 valence electrons. The molecule has 36 heavy (non-hydrogen) atoms. The number of amides is 4. The molecule has 0 bridgehead atoms. The molecule has 0 spiro atoms. The van der Waals surface area contributed by atoms with Crippen molar-refractivity contribution >= 4 is 29.6 Å². The van der Waals surface area contributed by atoms with Crippen LogP contribution in [0.1, 0.15) is 44.1 Å². The van der Waals surface area contributed by atoms with E-state index in [-0.39, 0.29) is 31.6 Å². The summed E-state index contributed by atoms with van der Waals surface area (Å²) in [5, 5.41) is 21.5. The summed E-state index contributed by atoms with van der Waals surface area (Å²) in [6, 6.07) is 2.31. The average Bonchev–Trinajstić information content (AvgIpc) is 3.52. The molecule has 0 aliphatic carbocycles. The molecule has 1 aromatic carbocycles. The van der Waals surface area contributed by atoms with Crippen molar-refractivity contribution in [1.82, 2.24) is 15.1 Å². The fourth-order valence-corrected chi connectivity index (χ4v) is 4.77. The van der Waals surface area contributed by atoms with Crippen LogP contribution in [0.4, 0.5) is 0 Å². The first-order valence-corrected chi connectivity index (χ1v) is 12.0. The molecule has 2 aliphatic heterocycles. The largest absolute Gasteiger partial charge is 0.508 e. The third kappa shape index (κ3) is 6.51. The van der Waals surface area contributed by atoms with E-state index in [0.717, 1.165) is 0 Å². The second-order valence-electron chi connectivity index (χ2n) is 9.26. The molecule has 2 fully saturated rings. The number of carbonyl (C=O) groups is 5. The zero-order valence-electron chi connectivity index (χ0n) is 20.0. The Hall–Kier alpha value is -3.67. The van der Waals surface area contributed by atoms with Crippen LogP contribution < -0.4 is 16.8 Å². The van der Waals surface area contributed by atoms with Gasteiger partial charge >= 0.3 is 5.97 Å². The number of phenolic OH excluding ortho intramolecular Hbond substituents is 1. The van der Waals surface area contributed by atoms with Crippen molar-refractivity contribution in [2.24, 2.45) is 11.5 Å². The minimum atomic E-state index is -1.13. The minimum absolute atomic E-state index is 0.0648. The van der Waals surface area contributed by atoms with Crippen LogP contribution in [-0.4, -0.2) is 86.9 Å². The number of rotatable bonds is 10. The number of aromatic hydroxyl groups is 1. The number of nitrogens with two attached hydrogens (primary N) is 2. The fourth-order valence-electron chi connectivity index (χ4n) is 4.77. The van der Waals surface area contributed by atoms with Gasteiger partial charge < -0.3 is 36.8 Å². The Morgan fingerprint density at radius 2 is 1.61 bits per heavy atom. The van der Waals surface area contributed by atoms with Gasteiger partial charge in [-0.3, -0.25) is 19.2 Å². The van der Waals surface area contributed by atoms with Crippen molar-refractivity contribution in [2.45, 2.75) is 69.1 Å². The van der Waals surface area contributed by atoms with Crippen molar-refractivity contribution in [3.63, 3.8) is 0 Å². The molecule has 4 amide bonds. The van der Waals surface area contributed by atoms with Crippen LogP contribution >= 0.6 is 0 Å². The van der Waals surface area contributed by atoms with E-state index < -0.39 is 53.8 Å². The molecule has 7 N–H and O–H groups in total.